The number of carbonyl (C=O) groups excluding carboxylic acids is 2. The normalized spacial score (nSPS) is 19.0. The van der Waals surface area contributed by atoms with Crippen molar-refractivity contribution in [2.24, 2.45) is 0 Å². The van der Waals surface area contributed by atoms with Gasteiger partial charge in [-0.2, -0.15) is 0 Å². The summed E-state index contributed by atoms with van der Waals surface area (Å²) in [5.41, 5.74) is 0.633. The number of hydrogen-bond donors (Lipinski definition) is 1. The molecule has 1 aliphatic rings. The molecule has 1 fully saturated rings. The van der Waals surface area contributed by atoms with E-state index < -0.39 is 5.97 Å². The van der Waals surface area contributed by atoms with Crippen molar-refractivity contribution in [1.82, 2.24) is 5.32 Å². The number of ether oxygens (including phenoxy) is 1. The van der Waals surface area contributed by atoms with Crippen LogP contribution in [0.25, 0.3) is 0 Å². The molecule has 1 rings (SSSR count). The molecule has 0 atom stereocenters. The van der Waals surface area contributed by atoms with Gasteiger partial charge in [0.15, 0.2) is 0 Å². The van der Waals surface area contributed by atoms with Crippen LogP contribution in [0.3, 0.4) is 0 Å². The highest BCUT2D eigenvalue weighted by molar-refractivity contribution is 5.92. The lowest BCUT2D eigenvalue weighted by Crippen LogP contribution is -2.35. The summed E-state index contributed by atoms with van der Waals surface area (Å²) in [5.74, 6) is -0.456. The van der Waals surface area contributed by atoms with E-state index >= 15 is 0 Å². The second kappa shape index (κ2) is 3.18. The number of esters is 1. The first-order chi connectivity index (χ1) is 5.22. The summed E-state index contributed by atoms with van der Waals surface area (Å²) in [6, 6.07) is 0. The maximum absolute atomic E-state index is 10.7. The Morgan fingerprint density at radius 2 is 2.45 bits per heavy atom. The monoisotopic (exact) mass is 155 g/mol. The molecular formula is C7H9NO3. The van der Waals surface area contributed by atoms with Crippen LogP contribution in [-0.4, -0.2) is 18.5 Å². The first-order valence-electron chi connectivity index (χ1n) is 3.39. The minimum absolute atomic E-state index is 0.0550. The van der Waals surface area contributed by atoms with Crippen LogP contribution in [0.15, 0.2) is 11.8 Å². The lowest BCUT2D eigenvalue weighted by atomic mass is 10.2. The molecule has 0 radical (unpaired) electrons. The SMILES string of the molecule is CCOC(=O)/C=C1\CC(=O)N1. The van der Waals surface area contributed by atoms with E-state index in [-0.39, 0.29) is 5.91 Å². The zero-order valence-electron chi connectivity index (χ0n) is 6.22. The van der Waals surface area contributed by atoms with Gasteiger partial charge in [0.05, 0.1) is 13.0 Å². The van der Waals surface area contributed by atoms with Crippen molar-refractivity contribution in [2.45, 2.75) is 13.3 Å². The Bertz CT molecular complexity index is 210. The Morgan fingerprint density at radius 1 is 1.82 bits per heavy atom. The van der Waals surface area contributed by atoms with Crippen molar-refractivity contribution >= 4 is 11.9 Å². The van der Waals surface area contributed by atoms with Crippen LogP contribution in [-0.2, 0) is 14.3 Å². The summed E-state index contributed by atoms with van der Waals surface area (Å²) >= 11 is 0. The third-order valence-corrected chi connectivity index (χ3v) is 1.23. The lowest BCUT2D eigenvalue weighted by Gasteiger charge is -2.16. The summed E-state index contributed by atoms with van der Waals surface area (Å²) in [5, 5.41) is 2.45. The molecule has 0 aromatic heterocycles. The molecule has 11 heavy (non-hydrogen) atoms. The van der Waals surface area contributed by atoms with Crippen molar-refractivity contribution in [3.05, 3.63) is 11.8 Å². The van der Waals surface area contributed by atoms with Gasteiger partial charge < -0.3 is 10.1 Å². The smallest absolute Gasteiger partial charge is 0.332 e. The predicted molar refractivity (Wildman–Crippen MR) is 37.5 cm³/mol. The second-order valence-corrected chi connectivity index (χ2v) is 2.15. The number of nitrogens with one attached hydrogen (secondary N) is 1. The van der Waals surface area contributed by atoms with E-state index in [1.165, 1.54) is 6.08 Å². The molecule has 0 unspecified atom stereocenters. The fourth-order valence-corrected chi connectivity index (χ4v) is 0.747. The van der Waals surface area contributed by atoms with E-state index in [9.17, 15) is 9.59 Å². The summed E-state index contributed by atoms with van der Waals surface area (Å²) in [6.07, 6.45) is 1.61. The van der Waals surface area contributed by atoms with Gasteiger partial charge in [-0.1, -0.05) is 0 Å². The molecule has 0 aromatic carbocycles. The second-order valence-electron chi connectivity index (χ2n) is 2.15. The van der Waals surface area contributed by atoms with E-state index in [1.54, 1.807) is 6.92 Å². The number of amides is 1. The van der Waals surface area contributed by atoms with E-state index in [4.69, 9.17) is 0 Å². The van der Waals surface area contributed by atoms with E-state index in [0.717, 1.165) is 0 Å². The van der Waals surface area contributed by atoms with Crippen molar-refractivity contribution in [1.29, 1.82) is 0 Å². The standard InChI is InChI=1S/C7H9NO3/c1-2-11-7(10)4-5-3-6(9)8-5/h4H,2-3H2,1H3,(H,8,9)/b5-4+. The van der Waals surface area contributed by atoms with Gasteiger partial charge in [-0.15, -0.1) is 0 Å². The molecular weight excluding hydrogens is 146 g/mol. The molecule has 0 saturated carbocycles. The summed E-state index contributed by atoms with van der Waals surface area (Å²) < 4.78 is 4.62. The Labute approximate surface area is 64.2 Å². The van der Waals surface area contributed by atoms with Crippen LogP contribution in [0, 0.1) is 0 Å². The van der Waals surface area contributed by atoms with E-state index in [1.807, 2.05) is 0 Å². The lowest BCUT2D eigenvalue weighted by molar-refractivity contribution is -0.137. The zero-order chi connectivity index (χ0) is 8.27. The van der Waals surface area contributed by atoms with Gasteiger partial charge in [-0.05, 0) is 6.92 Å². The average Bonchev–Trinajstić information content (AvgIpc) is 1.85. The number of rotatable bonds is 2. The zero-order valence-corrected chi connectivity index (χ0v) is 6.22. The average molecular weight is 155 g/mol. The van der Waals surface area contributed by atoms with Crippen LogP contribution in [0.2, 0.25) is 0 Å². The molecule has 0 aromatic rings. The fourth-order valence-electron chi connectivity index (χ4n) is 0.747. The topological polar surface area (TPSA) is 55.4 Å². The molecule has 60 valence electrons. The Morgan fingerprint density at radius 3 is 2.91 bits per heavy atom. The van der Waals surface area contributed by atoms with Crippen LogP contribution in [0.4, 0.5) is 0 Å². The first-order valence-corrected chi connectivity index (χ1v) is 3.39. The van der Waals surface area contributed by atoms with Crippen molar-refractivity contribution in [2.75, 3.05) is 6.61 Å². The van der Waals surface area contributed by atoms with Crippen LogP contribution in [0.1, 0.15) is 13.3 Å². The fraction of sp³-hybridized carbons (Fsp3) is 0.429. The van der Waals surface area contributed by atoms with E-state index in [0.29, 0.717) is 18.7 Å². The number of hydrogen-bond acceptors (Lipinski definition) is 3. The highest BCUT2D eigenvalue weighted by atomic mass is 16.5. The van der Waals surface area contributed by atoms with Crippen LogP contribution < -0.4 is 5.32 Å². The summed E-state index contributed by atoms with van der Waals surface area (Å²) in [4.78, 5) is 21.0. The van der Waals surface area contributed by atoms with Crippen LogP contribution in [0.5, 0.6) is 0 Å². The van der Waals surface area contributed by atoms with Gasteiger partial charge >= 0.3 is 5.97 Å². The highest BCUT2D eigenvalue weighted by Gasteiger charge is 2.18. The quantitative estimate of drug-likeness (QED) is 0.345. The Kier molecular flexibility index (Phi) is 2.25. The molecule has 0 spiro atoms. The van der Waals surface area contributed by atoms with Crippen molar-refractivity contribution < 1.29 is 14.3 Å². The van der Waals surface area contributed by atoms with Gasteiger partial charge in [-0.3, -0.25) is 4.79 Å². The van der Waals surface area contributed by atoms with Crippen molar-refractivity contribution in [3.8, 4) is 0 Å². The Balaban J connectivity index is 2.34. The predicted octanol–water partition coefficient (Wildman–Crippen LogP) is -0.0467. The molecule has 1 saturated heterocycles. The molecule has 4 heteroatoms. The highest BCUT2D eigenvalue weighted by Crippen LogP contribution is 2.07. The summed E-state index contributed by atoms with van der Waals surface area (Å²) in [6.45, 7) is 2.09. The molecule has 1 amide bonds. The van der Waals surface area contributed by atoms with Crippen LogP contribution >= 0.6 is 0 Å². The van der Waals surface area contributed by atoms with Gasteiger partial charge in [0.25, 0.3) is 0 Å². The van der Waals surface area contributed by atoms with Crippen molar-refractivity contribution in [3.63, 3.8) is 0 Å². The molecule has 1 aliphatic heterocycles. The largest absolute Gasteiger partial charge is 0.463 e. The molecule has 0 aliphatic carbocycles. The van der Waals surface area contributed by atoms with Gasteiger partial charge in [0.2, 0.25) is 5.91 Å². The number of carbonyl (C=O) groups is 2. The number of β-lactam (4-membered cyclic amide) rings is 1. The minimum atomic E-state index is -0.400. The molecule has 0 bridgehead atoms. The third kappa shape index (κ3) is 2.07. The third-order valence-electron chi connectivity index (χ3n) is 1.23. The minimum Gasteiger partial charge on any atom is -0.463 e. The Hall–Kier alpha value is -1.32. The molecule has 1 N–H and O–H groups in total. The first kappa shape index (κ1) is 7.78. The van der Waals surface area contributed by atoms with Gasteiger partial charge in [0, 0.05) is 11.8 Å². The molecule has 1 heterocycles. The molecule has 4 nitrogen and oxygen atoms in total. The maximum Gasteiger partial charge on any atom is 0.332 e. The van der Waals surface area contributed by atoms with Gasteiger partial charge in [-0.25, -0.2) is 4.79 Å². The maximum atomic E-state index is 10.7. The van der Waals surface area contributed by atoms with Gasteiger partial charge in [0.1, 0.15) is 0 Å². The van der Waals surface area contributed by atoms with E-state index in [2.05, 4.69) is 10.1 Å². The summed E-state index contributed by atoms with van der Waals surface area (Å²) in [7, 11) is 0.